The van der Waals surface area contributed by atoms with Crippen LogP contribution in [0.3, 0.4) is 0 Å². The maximum absolute atomic E-state index is 11.5. The standard InChI is InChI=1S/C18H22N4OS/c19-14-5-7-22(8-6-14)10-18-21-16(11-24-18)13-1-3-15-12(9-13)2-4-17(23)20-15/h1,3,9,11,14H,2,4-8,10,19H2,(H,20,23). The molecule has 0 atom stereocenters. The Labute approximate surface area is 145 Å². The maximum Gasteiger partial charge on any atom is 0.224 e. The lowest BCUT2D eigenvalue weighted by atomic mass is 9.99. The summed E-state index contributed by atoms with van der Waals surface area (Å²) in [6, 6.07) is 6.56. The molecule has 5 nitrogen and oxygen atoms in total. The molecule has 2 aliphatic rings. The van der Waals surface area contributed by atoms with Crippen molar-refractivity contribution in [1.82, 2.24) is 9.88 Å². The van der Waals surface area contributed by atoms with Crippen molar-refractivity contribution in [3.63, 3.8) is 0 Å². The van der Waals surface area contributed by atoms with Crippen LogP contribution >= 0.6 is 11.3 Å². The van der Waals surface area contributed by atoms with E-state index in [0.29, 0.717) is 12.5 Å². The summed E-state index contributed by atoms with van der Waals surface area (Å²) in [4.78, 5) is 18.7. The van der Waals surface area contributed by atoms with E-state index < -0.39 is 0 Å². The van der Waals surface area contributed by atoms with Crippen LogP contribution in [-0.2, 0) is 17.8 Å². The Balaban J connectivity index is 1.47. The van der Waals surface area contributed by atoms with Gasteiger partial charge in [0, 0.05) is 42.2 Å². The Morgan fingerprint density at radius 1 is 1.29 bits per heavy atom. The van der Waals surface area contributed by atoms with E-state index in [9.17, 15) is 4.79 Å². The Hall–Kier alpha value is -1.76. The molecule has 0 bridgehead atoms. The van der Waals surface area contributed by atoms with Gasteiger partial charge in [0.15, 0.2) is 0 Å². The van der Waals surface area contributed by atoms with Gasteiger partial charge in [-0.3, -0.25) is 9.69 Å². The Bertz CT molecular complexity index is 749. The van der Waals surface area contributed by atoms with Gasteiger partial charge >= 0.3 is 0 Å². The highest BCUT2D eigenvalue weighted by Crippen LogP contribution is 2.29. The molecule has 1 aromatic carbocycles. The van der Waals surface area contributed by atoms with E-state index in [1.54, 1.807) is 11.3 Å². The molecule has 3 heterocycles. The van der Waals surface area contributed by atoms with E-state index in [1.807, 2.05) is 12.1 Å². The minimum Gasteiger partial charge on any atom is -0.328 e. The number of rotatable bonds is 3. The van der Waals surface area contributed by atoms with Gasteiger partial charge < -0.3 is 11.1 Å². The van der Waals surface area contributed by atoms with Crippen LogP contribution in [0.25, 0.3) is 11.3 Å². The number of anilines is 1. The smallest absolute Gasteiger partial charge is 0.224 e. The van der Waals surface area contributed by atoms with Crippen molar-refractivity contribution in [2.75, 3.05) is 18.4 Å². The molecule has 6 heteroatoms. The van der Waals surface area contributed by atoms with Gasteiger partial charge in [0.25, 0.3) is 0 Å². The van der Waals surface area contributed by atoms with Crippen molar-refractivity contribution in [2.45, 2.75) is 38.3 Å². The van der Waals surface area contributed by atoms with Crippen LogP contribution in [0, 0.1) is 0 Å². The number of carbonyl (C=O) groups is 1. The van der Waals surface area contributed by atoms with Crippen LogP contribution in [0.5, 0.6) is 0 Å². The predicted molar refractivity (Wildman–Crippen MR) is 97.0 cm³/mol. The number of aryl methyl sites for hydroxylation is 1. The molecule has 0 saturated carbocycles. The normalized spacial score (nSPS) is 19.1. The van der Waals surface area contributed by atoms with Gasteiger partial charge in [-0.15, -0.1) is 11.3 Å². The molecule has 2 aliphatic heterocycles. The number of nitrogens with two attached hydrogens (primary N) is 1. The van der Waals surface area contributed by atoms with Crippen molar-refractivity contribution in [3.05, 3.63) is 34.2 Å². The maximum atomic E-state index is 11.5. The summed E-state index contributed by atoms with van der Waals surface area (Å²) in [7, 11) is 0. The minimum absolute atomic E-state index is 0.104. The first-order chi connectivity index (χ1) is 11.7. The first kappa shape index (κ1) is 15.7. The fraction of sp³-hybridized carbons (Fsp3) is 0.444. The number of hydrogen-bond donors (Lipinski definition) is 2. The summed E-state index contributed by atoms with van der Waals surface area (Å²) in [5.41, 5.74) is 10.3. The first-order valence-corrected chi connectivity index (χ1v) is 9.41. The SMILES string of the molecule is NC1CCN(Cc2nc(-c3ccc4c(c3)CCC(=O)N4)cs2)CC1. The third kappa shape index (κ3) is 3.36. The molecule has 0 spiro atoms. The molecular formula is C18H22N4OS. The molecule has 4 rings (SSSR count). The second-order valence-electron chi connectivity index (χ2n) is 6.66. The van der Waals surface area contributed by atoms with Gasteiger partial charge in [-0.25, -0.2) is 4.98 Å². The van der Waals surface area contributed by atoms with Gasteiger partial charge in [-0.1, -0.05) is 6.07 Å². The quantitative estimate of drug-likeness (QED) is 0.899. The fourth-order valence-corrected chi connectivity index (χ4v) is 4.21. The van der Waals surface area contributed by atoms with E-state index in [-0.39, 0.29) is 5.91 Å². The summed E-state index contributed by atoms with van der Waals surface area (Å²) in [6.07, 6.45) is 3.53. The zero-order valence-corrected chi connectivity index (χ0v) is 14.4. The van der Waals surface area contributed by atoms with E-state index in [2.05, 4.69) is 21.7 Å². The number of carbonyl (C=O) groups excluding carboxylic acids is 1. The summed E-state index contributed by atoms with van der Waals surface area (Å²) in [5, 5.41) is 6.22. The number of nitrogens with zero attached hydrogens (tertiary/aromatic N) is 2. The molecule has 1 aromatic heterocycles. The highest BCUT2D eigenvalue weighted by atomic mass is 32.1. The highest BCUT2D eigenvalue weighted by molar-refractivity contribution is 7.09. The van der Waals surface area contributed by atoms with E-state index >= 15 is 0 Å². The average Bonchev–Trinajstić information content (AvgIpc) is 3.05. The molecule has 2 aromatic rings. The zero-order chi connectivity index (χ0) is 16.5. The molecular weight excluding hydrogens is 320 g/mol. The molecule has 126 valence electrons. The molecule has 1 fully saturated rings. The Morgan fingerprint density at radius 3 is 2.96 bits per heavy atom. The van der Waals surface area contributed by atoms with Crippen LogP contribution in [0.4, 0.5) is 5.69 Å². The minimum atomic E-state index is 0.104. The average molecular weight is 342 g/mol. The molecule has 24 heavy (non-hydrogen) atoms. The van der Waals surface area contributed by atoms with Crippen molar-refractivity contribution >= 4 is 22.9 Å². The van der Waals surface area contributed by atoms with Gasteiger partial charge in [0.2, 0.25) is 5.91 Å². The number of piperidine rings is 1. The third-order valence-electron chi connectivity index (χ3n) is 4.84. The van der Waals surface area contributed by atoms with Gasteiger partial charge in [0.05, 0.1) is 12.2 Å². The van der Waals surface area contributed by atoms with E-state index in [1.165, 1.54) is 5.56 Å². The lowest BCUT2D eigenvalue weighted by molar-refractivity contribution is -0.116. The Kier molecular flexibility index (Phi) is 4.35. The van der Waals surface area contributed by atoms with Crippen molar-refractivity contribution in [2.24, 2.45) is 5.73 Å². The number of amides is 1. The van der Waals surface area contributed by atoms with E-state index in [4.69, 9.17) is 10.7 Å². The lowest BCUT2D eigenvalue weighted by Gasteiger charge is -2.29. The summed E-state index contributed by atoms with van der Waals surface area (Å²) < 4.78 is 0. The van der Waals surface area contributed by atoms with Crippen LogP contribution in [0.1, 0.15) is 29.8 Å². The summed E-state index contributed by atoms with van der Waals surface area (Å²) in [6.45, 7) is 3.04. The molecule has 1 saturated heterocycles. The van der Waals surface area contributed by atoms with Gasteiger partial charge in [0.1, 0.15) is 5.01 Å². The number of benzene rings is 1. The number of fused-ring (bicyclic) bond motifs is 1. The first-order valence-electron chi connectivity index (χ1n) is 8.53. The molecule has 1 amide bonds. The third-order valence-corrected chi connectivity index (χ3v) is 5.67. The topological polar surface area (TPSA) is 71.2 Å². The second-order valence-corrected chi connectivity index (χ2v) is 7.60. The summed E-state index contributed by atoms with van der Waals surface area (Å²) >= 11 is 1.72. The van der Waals surface area contributed by atoms with Crippen molar-refractivity contribution < 1.29 is 4.79 Å². The predicted octanol–water partition coefficient (Wildman–Crippen LogP) is 2.62. The number of likely N-dealkylation sites (tertiary alicyclic amines) is 1. The van der Waals surface area contributed by atoms with Crippen LogP contribution in [0.2, 0.25) is 0 Å². The number of aromatic nitrogens is 1. The molecule has 0 radical (unpaired) electrons. The summed E-state index contributed by atoms with van der Waals surface area (Å²) in [5.74, 6) is 0.104. The van der Waals surface area contributed by atoms with Crippen LogP contribution in [0.15, 0.2) is 23.6 Å². The Morgan fingerprint density at radius 2 is 2.12 bits per heavy atom. The van der Waals surface area contributed by atoms with Crippen molar-refractivity contribution in [3.8, 4) is 11.3 Å². The van der Waals surface area contributed by atoms with Crippen LogP contribution in [-0.4, -0.2) is 34.9 Å². The molecule has 3 N–H and O–H groups in total. The lowest BCUT2D eigenvalue weighted by Crippen LogP contribution is -2.39. The molecule has 0 unspecified atom stereocenters. The fourth-order valence-electron chi connectivity index (χ4n) is 3.36. The number of hydrogen-bond acceptors (Lipinski definition) is 5. The van der Waals surface area contributed by atoms with E-state index in [0.717, 1.165) is 60.8 Å². The zero-order valence-electron chi connectivity index (χ0n) is 13.6. The number of thiazole rings is 1. The largest absolute Gasteiger partial charge is 0.328 e. The van der Waals surface area contributed by atoms with Crippen molar-refractivity contribution in [1.29, 1.82) is 0 Å². The van der Waals surface area contributed by atoms with Crippen LogP contribution < -0.4 is 11.1 Å². The highest BCUT2D eigenvalue weighted by Gasteiger charge is 2.18. The number of nitrogens with one attached hydrogen (secondary N) is 1. The monoisotopic (exact) mass is 342 g/mol. The molecule has 0 aliphatic carbocycles. The second kappa shape index (κ2) is 6.63. The van der Waals surface area contributed by atoms with Gasteiger partial charge in [-0.05, 0) is 37.0 Å². The van der Waals surface area contributed by atoms with Gasteiger partial charge in [-0.2, -0.15) is 0 Å².